The standard InChI is InChI=1S/C12H19NO2S/c1-2-11(13)12(9-4-6-16-8-9)15-10-3-5-14-7-10/h4,6,8,10-12H,2-3,5,7,13H2,1H3. The second-order valence-electron chi connectivity index (χ2n) is 4.17. The summed E-state index contributed by atoms with van der Waals surface area (Å²) in [5.74, 6) is 0. The Hall–Kier alpha value is -0.420. The Labute approximate surface area is 101 Å². The monoisotopic (exact) mass is 241 g/mol. The summed E-state index contributed by atoms with van der Waals surface area (Å²) in [7, 11) is 0. The van der Waals surface area contributed by atoms with Gasteiger partial charge in [-0.05, 0) is 35.2 Å². The second-order valence-corrected chi connectivity index (χ2v) is 4.95. The van der Waals surface area contributed by atoms with Crippen LogP contribution in [0.1, 0.15) is 31.4 Å². The van der Waals surface area contributed by atoms with Crippen molar-refractivity contribution in [3.8, 4) is 0 Å². The van der Waals surface area contributed by atoms with E-state index in [-0.39, 0.29) is 18.2 Å². The van der Waals surface area contributed by atoms with Crippen LogP contribution in [0.25, 0.3) is 0 Å². The van der Waals surface area contributed by atoms with Gasteiger partial charge in [0.05, 0.1) is 18.8 Å². The lowest BCUT2D eigenvalue weighted by Gasteiger charge is -2.25. The van der Waals surface area contributed by atoms with E-state index >= 15 is 0 Å². The summed E-state index contributed by atoms with van der Waals surface area (Å²) in [5.41, 5.74) is 7.33. The largest absolute Gasteiger partial charge is 0.379 e. The number of hydrogen-bond donors (Lipinski definition) is 1. The van der Waals surface area contributed by atoms with Gasteiger partial charge < -0.3 is 15.2 Å². The van der Waals surface area contributed by atoms with Crippen molar-refractivity contribution in [2.75, 3.05) is 13.2 Å². The number of thiophene rings is 1. The van der Waals surface area contributed by atoms with E-state index in [1.807, 2.05) is 0 Å². The van der Waals surface area contributed by atoms with Gasteiger partial charge >= 0.3 is 0 Å². The highest BCUT2D eigenvalue weighted by molar-refractivity contribution is 7.07. The fraction of sp³-hybridized carbons (Fsp3) is 0.667. The Bertz CT molecular complexity index is 296. The molecule has 1 aliphatic rings. The molecule has 2 heterocycles. The third kappa shape index (κ3) is 2.83. The van der Waals surface area contributed by atoms with Crippen molar-refractivity contribution in [2.45, 2.75) is 38.0 Å². The summed E-state index contributed by atoms with van der Waals surface area (Å²) in [4.78, 5) is 0. The van der Waals surface area contributed by atoms with Crippen molar-refractivity contribution in [3.05, 3.63) is 22.4 Å². The van der Waals surface area contributed by atoms with Crippen LogP contribution in [0.15, 0.2) is 16.8 Å². The highest BCUT2D eigenvalue weighted by Crippen LogP contribution is 2.27. The molecular weight excluding hydrogens is 222 g/mol. The van der Waals surface area contributed by atoms with Crippen LogP contribution in [-0.4, -0.2) is 25.4 Å². The van der Waals surface area contributed by atoms with Gasteiger partial charge in [-0.15, -0.1) is 0 Å². The molecule has 0 amide bonds. The van der Waals surface area contributed by atoms with E-state index in [0.717, 1.165) is 19.4 Å². The quantitative estimate of drug-likeness (QED) is 0.860. The molecule has 4 heteroatoms. The Kier molecular flexibility index (Phi) is 4.35. The molecule has 0 radical (unpaired) electrons. The zero-order chi connectivity index (χ0) is 11.4. The fourth-order valence-corrected chi connectivity index (χ4v) is 2.59. The molecule has 0 spiro atoms. The van der Waals surface area contributed by atoms with E-state index in [2.05, 4.69) is 23.8 Å². The van der Waals surface area contributed by atoms with Crippen LogP contribution in [0.2, 0.25) is 0 Å². The topological polar surface area (TPSA) is 44.5 Å². The zero-order valence-corrected chi connectivity index (χ0v) is 10.4. The van der Waals surface area contributed by atoms with Crippen molar-refractivity contribution in [1.29, 1.82) is 0 Å². The number of ether oxygens (including phenoxy) is 2. The van der Waals surface area contributed by atoms with E-state index < -0.39 is 0 Å². The van der Waals surface area contributed by atoms with E-state index in [4.69, 9.17) is 15.2 Å². The Morgan fingerprint density at radius 1 is 1.69 bits per heavy atom. The molecule has 1 aromatic heterocycles. The zero-order valence-electron chi connectivity index (χ0n) is 9.59. The molecule has 90 valence electrons. The van der Waals surface area contributed by atoms with Crippen LogP contribution in [-0.2, 0) is 9.47 Å². The molecular formula is C12H19NO2S. The van der Waals surface area contributed by atoms with Crippen LogP contribution in [0.4, 0.5) is 0 Å². The van der Waals surface area contributed by atoms with Crippen LogP contribution in [0, 0.1) is 0 Å². The van der Waals surface area contributed by atoms with Crippen molar-refractivity contribution in [1.82, 2.24) is 0 Å². The van der Waals surface area contributed by atoms with Crippen LogP contribution in [0.5, 0.6) is 0 Å². The number of hydrogen-bond acceptors (Lipinski definition) is 4. The Morgan fingerprint density at radius 2 is 2.56 bits per heavy atom. The molecule has 1 aliphatic heterocycles. The van der Waals surface area contributed by atoms with E-state index in [1.165, 1.54) is 5.56 Å². The lowest BCUT2D eigenvalue weighted by atomic mass is 10.0. The Balaban J connectivity index is 2.02. The van der Waals surface area contributed by atoms with Crippen molar-refractivity contribution in [2.24, 2.45) is 5.73 Å². The van der Waals surface area contributed by atoms with Gasteiger partial charge in [-0.25, -0.2) is 0 Å². The van der Waals surface area contributed by atoms with Crippen molar-refractivity contribution in [3.63, 3.8) is 0 Å². The molecule has 1 saturated heterocycles. The van der Waals surface area contributed by atoms with Crippen LogP contribution >= 0.6 is 11.3 Å². The summed E-state index contributed by atoms with van der Waals surface area (Å²) in [6, 6.07) is 2.16. The minimum absolute atomic E-state index is 0.0166. The predicted molar refractivity (Wildman–Crippen MR) is 65.6 cm³/mol. The molecule has 3 atom stereocenters. The summed E-state index contributed by atoms with van der Waals surface area (Å²) >= 11 is 1.69. The third-order valence-electron chi connectivity index (χ3n) is 2.96. The van der Waals surface area contributed by atoms with Crippen molar-refractivity contribution >= 4 is 11.3 Å². The smallest absolute Gasteiger partial charge is 0.0988 e. The van der Waals surface area contributed by atoms with Gasteiger partial charge in [0.1, 0.15) is 0 Å². The van der Waals surface area contributed by atoms with Gasteiger partial charge in [-0.2, -0.15) is 11.3 Å². The lowest BCUT2D eigenvalue weighted by molar-refractivity contribution is -0.0299. The minimum Gasteiger partial charge on any atom is -0.379 e. The van der Waals surface area contributed by atoms with Gasteiger partial charge in [0.15, 0.2) is 0 Å². The summed E-state index contributed by atoms with van der Waals surface area (Å²) in [6.07, 6.45) is 2.14. The minimum atomic E-state index is 0.0166. The summed E-state index contributed by atoms with van der Waals surface area (Å²) in [6.45, 7) is 3.61. The molecule has 3 nitrogen and oxygen atoms in total. The normalized spacial score (nSPS) is 24.5. The first kappa shape index (κ1) is 12.0. The summed E-state index contributed by atoms with van der Waals surface area (Å²) in [5, 5.41) is 4.19. The SMILES string of the molecule is CCC(N)C(OC1CCOC1)c1ccsc1. The first-order valence-corrected chi connectivity index (χ1v) is 6.76. The van der Waals surface area contributed by atoms with Gasteiger partial charge in [0, 0.05) is 12.6 Å². The molecule has 2 N–H and O–H groups in total. The molecule has 3 unspecified atom stereocenters. The maximum absolute atomic E-state index is 6.13. The van der Waals surface area contributed by atoms with E-state index in [1.54, 1.807) is 11.3 Å². The van der Waals surface area contributed by atoms with Gasteiger partial charge in [-0.3, -0.25) is 0 Å². The Morgan fingerprint density at radius 3 is 3.12 bits per heavy atom. The van der Waals surface area contributed by atoms with Crippen LogP contribution in [0.3, 0.4) is 0 Å². The summed E-state index contributed by atoms with van der Waals surface area (Å²) < 4.78 is 11.4. The predicted octanol–water partition coefficient (Wildman–Crippen LogP) is 2.33. The van der Waals surface area contributed by atoms with Crippen LogP contribution < -0.4 is 5.73 Å². The lowest BCUT2D eigenvalue weighted by Crippen LogP contribution is -2.32. The molecule has 1 aromatic rings. The fourth-order valence-electron chi connectivity index (χ4n) is 1.91. The maximum Gasteiger partial charge on any atom is 0.0988 e. The average Bonchev–Trinajstić information content (AvgIpc) is 2.97. The maximum atomic E-state index is 6.13. The molecule has 0 aromatic carbocycles. The molecule has 0 aliphatic carbocycles. The highest BCUT2D eigenvalue weighted by Gasteiger charge is 2.26. The first-order chi connectivity index (χ1) is 7.81. The second kappa shape index (κ2) is 5.77. The molecule has 0 bridgehead atoms. The van der Waals surface area contributed by atoms with Gasteiger partial charge in [-0.1, -0.05) is 6.92 Å². The van der Waals surface area contributed by atoms with E-state index in [0.29, 0.717) is 6.61 Å². The highest BCUT2D eigenvalue weighted by atomic mass is 32.1. The number of rotatable bonds is 5. The molecule has 0 saturated carbocycles. The third-order valence-corrected chi connectivity index (χ3v) is 3.66. The molecule has 2 rings (SSSR count). The average molecular weight is 241 g/mol. The van der Waals surface area contributed by atoms with Gasteiger partial charge in [0.25, 0.3) is 0 Å². The van der Waals surface area contributed by atoms with Gasteiger partial charge in [0.2, 0.25) is 0 Å². The molecule has 16 heavy (non-hydrogen) atoms. The van der Waals surface area contributed by atoms with Crippen molar-refractivity contribution < 1.29 is 9.47 Å². The number of nitrogens with two attached hydrogens (primary N) is 1. The molecule has 1 fully saturated rings. The van der Waals surface area contributed by atoms with E-state index in [9.17, 15) is 0 Å². The first-order valence-electron chi connectivity index (χ1n) is 5.82.